The molecule has 0 aliphatic carbocycles. The van der Waals surface area contributed by atoms with E-state index in [1.807, 2.05) is 18.2 Å². The number of rotatable bonds is 5. The summed E-state index contributed by atoms with van der Waals surface area (Å²) < 4.78 is 0. The lowest BCUT2D eigenvalue weighted by atomic mass is 10.2. The maximum absolute atomic E-state index is 5.42. The largest absolute Gasteiger partial charge is 0.369 e. The second-order valence-electron chi connectivity index (χ2n) is 3.66. The number of aromatic nitrogens is 3. The summed E-state index contributed by atoms with van der Waals surface area (Å²) in [4.78, 5) is 12.7. The molecule has 0 saturated heterocycles. The van der Waals surface area contributed by atoms with Gasteiger partial charge >= 0.3 is 0 Å². The third-order valence-electron chi connectivity index (χ3n) is 2.39. The van der Waals surface area contributed by atoms with E-state index >= 15 is 0 Å². The van der Waals surface area contributed by atoms with Crippen LogP contribution in [0.1, 0.15) is 0 Å². The zero-order chi connectivity index (χ0) is 12.8. The quantitative estimate of drug-likeness (QED) is 0.725. The Hall–Kier alpha value is -2.21. The molecular formula is C12H16N6. The summed E-state index contributed by atoms with van der Waals surface area (Å²) in [7, 11) is 1.79. The van der Waals surface area contributed by atoms with Gasteiger partial charge in [-0.3, -0.25) is 0 Å². The third-order valence-corrected chi connectivity index (χ3v) is 2.39. The van der Waals surface area contributed by atoms with Crippen LogP contribution in [0.25, 0.3) is 11.3 Å². The summed E-state index contributed by atoms with van der Waals surface area (Å²) >= 11 is 0. The van der Waals surface area contributed by atoms with E-state index < -0.39 is 0 Å². The van der Waals surface area contributed by atoms with Gasteiger partial charge in [0.2, 0.25) is 5.95 Å². The molecule has 2 rings (SSSR count). The summed E-state index contributed by atoms with van der Waals surface area (Å²) in [6.45, 7) is 1.30. The highest BCUT2D eigenvalue weighted by molar-refractivity contribution is 5.60. The van der Waals surface area contributed by atoms with E-state index in [4.69, 9.17) is 5.73 Å². The highest BCUT2D eigenvalue weighted by Gasteiger charge is 2.02. The van der Waals surface area contributed by atoms with Crippen LogP contribution in [0, 0.1) is 0 Å². The molecule has 18 heavy (non-hydrogen) atoms. The number of hydrogen-bond donors (Lipinski definition) is 3. The van der Waals surface area contributed by atoms with Gasteiger partial charge in [-0.05, 0) is 18.2 Å². The van der Waals surface area contributed by atoms with Crippen LogP contribution in [0.3, 0.4) is 0 Å². The predicted octanol–water partition coefficient (Wildman–Crippen LogP) is 0.951. The number of nitrogens with one attached hydrogen (secondary N) is 2. The van der Waals surface area contributed by atoms with Gasteiger partial charge in [-0.25, -0.2) is 15.0 Å². The first-order chi connectivity index (χ1) is 8.83. The van der Waals surface area contributed by atoms with Crippen molar-refractivity contribution in [1.29, 1.82) is 0 Å². The molecule has 0 unspecified atom stereocenters. The van der Waals surface area contributed by atoms with Crippen molar-refractivity contribution in [2.45, 2.75) is 0 Å². The van der Waals surface area contributed by atoms with Gasteiger partial charge in [0.05, 0.1) is 5.69 Å². The zero-order valence-corrected chi connectivity index (χ0v) is 10.2. The fourth-order valence-corrected chi connectivity index (χ4v) is 1.49. The van der Waals surface area contributed by atoms with E-state index in [0.717, 1.165) is 17.1 Å². The molecule has 0 fully saturated rings. The Bertz CT molecular complexity index is 496. The van der Waals surface area contributed by atoms with Gasteiger partial charge < -0.3 is 16.4 Å². The minimum atomic E-state index is 0.584. The van der Waals surface area contributed by atoms with Crippen molar-refractivity contribution in [3.05, 3.63) is 30.6 Å². The average Bonchev–Trinajstić information content (AvgIpc) is 2.46. The van der Waals surface area contributed by atoms with Gasteiger partial charge in [-0.15, -0.1) is 0 Å². The Kier molecular flexibility index (Phi) is 4.03. The molecule has 0 aromatic carbocycles. The van der Waals surface area contributed by atoms with Crippen LogP contribution in [-0.4, -0.2) is 35.1 Å². The van der Waals surface area contributed by atoms with Crippen LogP contribution in [0.15, 0.2) is 30.6 Å². The van der Waals surface area contributed by atoms with Crippen LogP contribution in [0.2, 0.25) is 0 Å². The van der Waals surface area contributed by atoms with Gasteiger partial charge in [-0.1, -0.05) is 0 Å². The molecule has 2 aromatic rings. The van der Waals surface area contributed by atoms with Crippen LogP contribution < -0.4 is 16.4 Å². The number of pyridine rings is 1. The van der Waals surface area contributed by atoms with Gasteiger partial charge in [0.1, 0.15) is 5.82 Å². The van der Waals surface area contributed by atoms with Crippen molar-refractivity contribution in [2.24, 2.45) is 5.73 Å². The molecule has 0 spiro atoms. The molecule has 2 heterocycles. The lowest BCUT2D eigenvalue weighted by Gasteiger charge is -2.05. The molecule has 94 valence electrons. The van der Waals surface area contributed by atoms with Gasteiger partial charge in [-0.2, -0.15) is 0 Å². The number of nitrogens with zero attached hydrogens (tertiary/aromatic N) is 3. The molecule has 0 radical (unpaired) electrons. The van der Waals surface area contributed by atoms with E-state index in [1.165, 1.54) is 0 Å². The van der Waals surface area contributed by atoms with Crippen molar-refractivity contribution >= 4 is 11.8 Å². The highest BCUT2D eigenvalue weighted by Crippen LogP contribution is 2.17. The summed E-state index contributed by atoms with van der Waals surface area (Å²) in [5.74, 6) is 1.41. The van der Waals surface area contributed by atoms with Crippen molar-refractivity contribution in [3.8, 4) is 11.3 Å². The molecule has 6 heteroatoms. The second-order valence-corrected chi connectivity index (χ2v) is 3.66. The summed E-state index contributed by atoms with van der Waals surface area (Å²) in [5.41, 5.74) is 7.21. The molecule has 0 saturated carbocycles. The first-order valence-corrected chi connectivity index (χ1v) is 5.74. The lowest BCUT2D eigenvalue weighted by Crippen LogP contribution is -2.13. The number of hydrogen-bond acceptors (Lipinski definition) is 6. The summed E-state index contributed by atoms with van der Waals surface area (Å²) in [6, 6.07) is 5.73. The molecule has 0 atom stereocenters. The maximum Gasteiger partial charge on any atom is 0.222 e. The van der Waals surface area contributed by atoms with E-state index in [2.05, 4.69) is 25.6 Å². The number of nitrogens with two attached hydrogens (primary N) is 1. The first-order valence-electron chi connectivity index (χ1n) is 5.74. The van der Waals surface area contributed by atoms with Gasteiger partial charge in [0.15, 0.2) is 0 Å². The molecule has 0 aliphatic heterocycles. The predicted molar refractivity (Wildman–Crippen MR) is 72.4 cm³/mol. The monoisotopic (exact) mass is 244 g/mol. The van der Waals surface area contributed by atoms with E-state index in [1.54, 1.807) is 19.4 Å². The summed E-state index contributed by atoms with van der Waals surface area (Å²) in [5, 5.41) is 6.02. The zero-order valence-electron chi connectivity index (χ0n) is 10.2. The van der Waals surface area contributed by atoms with Crippen molar-refractivity contribution in [3.63, 3.8) is 0 Å². The second kappa shape index (κ2) is 5.92. The normalized spacial score (nSPS) is 10.1. The molecule has 6 nitrogen and oxygen atoms in total. The van der Waals surface area contributed by atoms with Crippen LogP contribution in [-0.2, 0) is 0 Å². The average molecular weight is 244 g/mol. The molecule has 0 amide bonds. The molecule has 2 aromatic heterocycles. The lowest BCUT2D eigenvalue weighted by molar-refractivity contribution is 1.01. The Labute approximate surface area is 106 Å². The third kappa shape index (κ3) is 2.92. The Morgan fingerprint density at radius 1 is 1.22 bits per heavy atom. The molecule has 0 bridgehead atoms. The highest BCUT2D eigenvalue weighted by atomic mass is 15.1. The van der Waals surface area contributed by atoms with Crippen molar-refractivity contribution in [1.82, 2.24) is 15.0 Å². The minimum absolute atomic E-state index is 0.584. The van der Waals surface area contributed by atoms with Gasteiger partial charge in [0, 0.05) is 38.1 Å². The van der Waals surface area contributed by atoms with Crippen LogP contribution in [0.5, 0.6) is 0 Å². The molecule has 4 N–H and O–H groups in total. The molecule has 0 aliphatic rings. The Morgan fingerprint density at radius 3 is 2.78 bits per heavy atom. The smallest absolute Gasteiger partial charge is 0.222 e. The van der Waals surface area contributed by atoms with E-state index in [9.17, 15) is 0 Å². The van der Waals surface area contributed by atoms with E-state index in [-0.39, 0.29) is 0 Å². The van der Waals surface area contributed by atoms with E-state index in [0.29, 0.717) is 19.0 Å². The van der Waals surface area contributed by atoms with Crippen LogP contribution >= 0.6 is 0 Å². The standard InChI is InChI=1S/C12H16N6/c1-14-12-16-6-4-10(18-12)9-2-3-11(17-8-9)15-7-5-13/h2-4,6,8H,5,7,13H2,1H3,(H,15,17)(H,14,16,18). The van der Waals surface area contributed by atoms with Crippen LogP contribution in [0.4, 0.5) is 11.8 Å². The maximum atomic E-state index is 5.42. The number of anilines is 2. The fraction of sp³-hybridized carbons (Fsp3) is 0.250. The Morgan fingerprint density at radius 2 is 2.11 bits per heavy atom. The topological polar surface area (TPSA) is 88.8 Å². The fourth-order valence-electron chi connectivity index (χ4n) is 1.49. The molecular weight excluding hydrogens is 228 g/mol. The summed E-state index contributed by atoms with van der Waals surface area (Å²) in [6.07, 6.45) is 3.50. The van der Waals surface area contributed by atoms with Crippen molar-refractivity contribution in [2.75, 3.05) is 30.8 Å². The minimum Gasteiger partial charge on any atom is -0.369 e. The van der Waals surface area contributed by atoms with Crippen molar-refractivity contribution < 1.29 is 0 Å². The SMILES string of the molecule is CNc1nccc(-c2ccc(NCCN)nc2)n1. The first kappa shape index (κ1) is 12.3. The van der Waals surface area contributed by atoms with Gasteiger partial charge in [0.25, 0.3) is 0 Å². The Balaban J connectivity index is 2.17.